The minimum atomic E-state index is -0.768. The van der Waals surface area contributed by atoms with Gasteiger partial charge < -0.3 is 20.4 Å². The van der Waals surface area contributed by atoms with Crippen molar-refractivity contribution in [3.05, 3.63) is 33.7 Å². The van der Waals surface area contributed by atoms with E-state index in [4.69, 9.17) is 0 Å². The Morgan fingerprint density at radius 1 is 1.23 bits per heavy atom. The molecular formula is C14H20N2O6-2. The smallest absolute Gasteiger partial charge is 0.312 e. The van der Waals surface area contributed by atoms with E-state index in [9.17, 15) is 25.6 Å². The molecule has 2 N–H and O–H groups in total. The van der Waals surface area contributed by atoms with Crippen LogP contribution in [0.1, 0.15) is 37.8 Å². The molecule has 0 saturated carbocycles. The fourth-order valence-electron chi connectivity index (χ4n) is 2.18. The summed E-state index contributed by atoms with van der Waals surface area (Å²) in [5, 5.41) is 40.6. The van der Waals surface area contributed by atoms with Gasteiger partial charge in [0.2, 0.25) is 0 Å². The topological polar surface area (TPSA) is 119 Å². The average molecular weight is 312 g/mol. The zero-order valence-corrected chi connectivity index (χ0v) is 12.9. The number of rotatable bonds is 6. The highest BCUT2D eigenvalue weighted by Gasteiger charge is 2.21. The van der Waals surface area contributed by atoms with Gasteiger partial charge in [0, 0.05) is 11.3 Å². The van der Waals surface area contributed by atoms with E-state index in [0.717, 1.165) is 0 Å². The van der Waals surface area contributed by atoms with E-state index in [1.807, 2.05) is 13.8 Å². The zero-order valence-electron chi connectivity index (χ0n) is 12.9. The summed E-state index contributed by atoms with van der Waals surface area (Å²) < 4.78 is 4.61. The lowest BCUT2D eigenvalue weighted by Crippen LogP contribution is -2.19. The molecule has 0 spiro atoms. The van der Waals surface area contributed by atoms with Crippen molar-refractivity contribution in [3.8, 4) is 0 Å². The van der Waals surface area contributed by atoms with Crippen LogP contribution in [0.25, 0.3) is 0 Å². The molecule has 124 valence electrons. The summed E-state index contributed by atoms with van der Waals surface area (Å²) in [6.45, 7) is 5.24. The molecule has 0 saturated heterocycles. The Morgan fingerprint density at radius 3 is 2.18 bits per heavy atom. The van der Waals surface area contributed by atoms with Crippen molar-refractivity contribution >= 4 is 17.3 Å². The predicted molar refractivity (Wildman–Crippen MR) is 80.7 cm³/mol. The number of hydrogen-bond donors (Lipinski definition) is 2. The van der Waals surface area contributed by atoms with Crippen LogP contribution >= 0.6 is 0 Å². The van der Waals surface area contributed by atoms with Gasteiger partial charge in [0.05, 0.1) is 18.7 Å². The van der Waals surface area contributed by atoms with E-state index in [2.05, 4.69) is 4.74 Å². The highest BCUT2D eigenvalue weighted by molar-refractivity contribution is 5.80. The standard InChI is InChI=1S/C14H20N2O6/c1-8(2)5-11-12(15(18)19)6-10(7-13(11)16(20)21)9(3)14(17)22-4/h6-9,18-19H,5H2,1-4H3/q-2. The number of hydrogen-bond acceptors (Lipinski definition) is 8. The molecule has 8 nitrogen and oxygen atoms in total. The third-order valence-corrected chi connectivity index (χ3v) is 3.30. The van der Waals surface area contributed by atoms with Crippen LogP contribution in [0.5, 0.6) is 0 Å². The molecule has 1 aromatic carbocycles. The molecule has 1 aromatic rings. The third kappa shape index (κ3) is 4.08. The lowest BCUT2D eigenvalue weighted by molar-refractivity contribution is -0.142. The fourth-order valence-corrected chi connectivity index (χ4v) is 2.18. The summed E-state index contributed by atoms with van der Waals surface area (Å²) in [7, 11) is 1.21. The molecule has 8 heteroatoms. The molecule has 1 rings (SSSR count). The van der Waals surface area contributed by atoms with Crippen LogP contribution in [-0.2, 0) is 16.0 Å². The molecule has 0 aliphatic carbocycles. The van der Waals surface area contributed by atoms with Gasteiger partial charge in [0.1, 0.15) is 0 Å². The summed E-state index contributed by atoms with van der Waals surface area (Å²) in [6.07, 6.45) is 0.288. The number of nitrogens with zero attached hydrogens (tertiary/aromatic N) is 2. The van der Waals surface area contributed by atoms with E-state index in [0.29, 0.717) is 0 Å². The van der Waals surface area contributed by atoms with Crippen molar-refractivity contribution in [2.24, 2.45) is 5.92 Å². The highest BCUT2D eigenvalue weighted by atomic mass is 16.8. The molecule has 0 aliphatic heterocycles. The second-order valence-corrected chi connectivity index (χ2v) is 5.43. The number of benzene rings is 1. The molecule has 0 fully saturated rings. The predicted octanol–water partition coefficient (Wildman–Crippen LogP) is 2.55. The van der Waals surface area contributed by atoms with E-state index < -0.39 is 17.1 Å². The van der Waals surface area contributed by atoms with Crippen molar-refractivity contribution < 1.29 is 19.9 Å². The molecule has 0 heterocycles. The van der Waals surface area contributed by atoms with Gasteiger partial charge in [-0.15, -0.1) is 5.23 Å². The van der Waals surface area contributed by atoms with Gasteiger partial charge in [-0.2, -0.15) is 0 Å². The lowest BCUT2D eigenvalue weighted by atomic mass is 9.93. The van der Waals surface area contributed by atoms with Crippen molar-refractivity contribution in [2.45, 2.75) is 33.1 Å². The lowest BCUT2D eigenvalue weighted by Gasteiger charge is -2.40. The van der Waals surface area contributed by atoms with E-state index in [-0.39, 0.29) is 40.1 Å². The number of ether oxygens (including phenoxy) is 1. The number of methoxy groups -OCH3 is 1. The van der Waals surface area contributed by atoms with Crippen LogP contribution in [-0.4, -0.2) is 23.5 Å². The Bertz CT molecular complexity index is 501. The van der Waals surface area contributed by atoms with E-state index in [1.165, 1.54) is 26.2 Å². The molecule has 0 bridgehead atoms. The molecule has 22 heavy (non-hydrogen) atoms. The first-order valence-electron chi connectivity index (χ1n) is 6.75. The Labute approximate surface area is 128 Å². The molecule has 0 aromatic heterocycles. The first-order chi connectivity index (χ1) is 10.2. The van der Waals surface area contributed by atoms with Crippen molar-refractivity contribution in [1.29, 1.82) is 0 Å². The van der Waals surface area contributed by atoms with Gasteiger partial charge >= 0.3 is 5.97 Å². The van der Waals surface area contributed by atoms with Crippen LogP contribution < -0.4 is 10.5 Å². The van der Waals surface area contributed by atoms with Crippen LogP contribution in [0.2, 0.25) is 0 Å². The molecule has 1 atom stereocenters. The summed E-state index contributed by atoms with van der Waals surface area (Å²) in [4.78, 5) is 11.6. The first kappa shape index (κ1) is 18.2. The Kier molecular flexibility index (Phi) is 6.12. The van der Waals surface area contributed by atoms with Gasteiger partial charge in [-0.3, -0.25) is 15.2 Å². The number of carbonyl (C=O) groups excluding carboxylic acids is 1. The van der Waals surface area contributed by atoms with Gasteiger partial charge in [-0.05, 0) is 37.0 Å². The van der Waals surface area contributed by atoms with Crippen LogP contribution in [0.15, 0.2) is 12.1 Å². The molecule has 0 radical (unpaired) electrons. The Balaban J connectivity index is 3.49. The monoisotopic (exact) mass is 312 g/mol. The molecule has 0 aliphatic rings. The summed E-state index contributed by atoms with van der Waals surface area (Å²) in [5.41, 5.74) is 0.0960. The van der Waals surface area contributed by atoms with E-state index >= 15 is 0 Å². The van der Waals surface area contributed by atoms with Crippen LogP contribution in [0.4, 0.5) is 11.4 Å². The Hall–Kier alpha value is -1.87. The normalized spacial score (nSPS) is 12.2. The van der Waals surface area contributed by atoms with Crippen molar-refractivity contribution in [3.63, 3.8) is 0 Å². The van der Waals surface area contributed by atoms with Gasteiger partial charge in [0.25, 0.3) is 0 Å². The van der Waals surface area contributed by atoms with Crippen LogP contribution in [0.3, 0.4) is 0 Å². The van der Waals surface area contributed by atoms with Gasteiger partial charge in [0.15, 0.2) is 0 Å². The molecular weight excluding hydrogens is 292 g/mol. The molecule has 1 unspecified atom stereocenters. The second-order valence-electron chi connectivity index (χ2n) is 5.43. The van der Waals surface area contributed by atoms with Crippen molar-refractivity contribution in [1.82, 2.24) is 0 Å². The number of carbonyl (C=O) groups is 1. The largest absolute Gasteiger partial charge is 0.769 e. The molecule has 0 amide bonds. The fraction of sp³-hybridized carbons (Fsp3) is 0.500. The third-order valence-electron chi connectivity index (χ3n) is 3.30. The van der Waals surface area contributed by atoms with Gasteiger partial charge in [-0.25, -0.2) is 0 Å². The maximum absolute atomic E-state index is 11.6. The average Bonchev–Trinajstić information content (AvgIpc) is 2.44. The van der Waals surface area contributed by atoms with E-state index in [1.54, 1.807) is 0 Å². The quantitative estimate of drug-likeness (QED) is 0.607. The van der Waals surface area contributed by atoms with Gasteiger partial charge in [-0.1, -0.05) is 13.8 Å². The minimum absolute atomic E-state index is 0.0706. The minimum Gasteiger partial charge on any atom is -0.769 e. The SMILES string of the molecule is COC(=O)C(C)c1cc(N([O-])[O-])c(CC(C)C)c(N(O)O)c1. The summed E-state index contributed by atoms with van der Waals surface area (Å²) >= 11 is 0. The maximum atomic E-state index is 11.6. The van der Waals surface area contributed by atoms with Crippen LogP contribution in [0, 0.1) is 16.3 Å². The van der Waals surface area contributed by atoms with Crippen molar-refractivity contribution in [2.75, 3.05) is 17.6 Å². The number of esters is 1. The Morgan fingerprint density at radius 2 is 1.77 bits per heavy atom. The number of anilines is 2. The summed E-state index contributed by atoms with van der Waals surface area (Å²) in [5.74, 6) is -1.27. The zero-order chi connectivity index (χ0) is 17.0. The summed E-state index contributed by atoms with van der Waals surface area (Å²) in [6, 6.07) is 2.61. The second kappa shape index (κ2) is 7.41. The highest BCUT2D eigenvalue weighted by Crippen LogP contribution is 2.35. The maximum Gasteiger partial charge on any atom is 0.312 e. The first-order valence-corrected chi connectivity index (χ1v) is 6.75.